The maximum Gasteiger partial charge on any atom is 0.426 e. The van der Waals surface area contributed by atoms with E-state index in [-0.39, 0.29) is 11.6 Å². The van der Waals surface area contributed by atoms with Crippen molar-refractivity contribution in [1.82, 2.24) is 0 Å². The average molecular weight is 422 g/mol. The van der Waals surface area contributed by atoms with Crippen molar-refractivity contribution in [3.63, 3.8) is 0 Å². The van der Waals surface area contributed by atoms with Crippen LogP contribution in [0.1, 0.15) is 30.5 Å². The summed E-state index contributed by atoms with van der Waals surface area (Å²) in [6, 6.07) is 9.96. The summed E-state index contributed by atoms with van der Waals surface area (Å²) in [7, 11) is 0. The number of benzene rings is 1. The molecule has 0 radical (unpaired) electrons. The minimum atomic E-state index is -4.38. The molecular weight excluding hydrogens is 395 g/mol. The molecule has 2 nitrogen and oxygen atoms in total. The van der Waals surface area contributed by atoms with E-state index in [9.17, 15) is 13.2 Å². The van der Waals surface area contributed by atoms with E-state index < -0.39 is 11.1 Å². The third kappa shape index (κ3) is 7.22. The van der Waals surface area contributed by atoms with Gasteiger partial charge in [-0.1, -0.05) is 54.1 Å². The van der Waals surface area contributed by atoms with E-state index in [2.05, 4.69) is 0 Å². The van der Waals surface area contributed by atoms with E-state index >= 15 is 0 Å². The third-order valence-corrected chi connectivity index (χ3v) is 5.36. The van der Waals surface area contributed by atoms with Crippen LogP contribution in [0.4, 0.5) is 13.2 Å². The Labute approximate surface area is 174 Å². The number of ether oxygens (including phenoxy) is 1. The first kappa shape index (κ1) is 23.0. The summed E-state index contributed by atoms with van der Waals surface area (Å²) in [5, 5.41) is 0. The Morgan fingerprint density at radius 2 is 1.86 bits per heavy atom. The predicted octanol–water partition coefficient (Wildman–Crippen LogP) is 6.75. The van der Waals surface area contributed by atoms with E-state index in [1.807, 2.05) is 32.1 Å². The minimum absolute atomic E-state index is 0.219. The molecule has 1 aromatic heterocycles. The Balaban J connectivity index is 2.05. The molecule has 0 bridgehead atoms. The highest BCUT2D eigenvalue weighted by atomic mass is 32.1. The zero-order valence-corrected chi connectivity index (χ0v) is 17.6. The summed E-state index contributed by atoms with van der Waals surface area (Å²) >= 11 is 0.774. The van der Waals surface area contributed by atoms with Gasteiger partial charge in [-0.2, -0.15) is 13.2 Å². The van der Waals surface area contributed by atoms with Gasteiger partial charge in [0.15, 0.2) is 0 Å². The molecule has 0 spiro atoms. The van der Waals surface area contributed by atoms with Gasteiger partial charge in [0.2, 0.25) is 0 Å². The zero-order chi connectivity index (χ0) is 21.4. The van der Waals surface area contributed by atoms with Crippen LogP contribution in [0.2, 0.25) is 0 Å². The Bertz CT molecular complexity index is 879. The molecular formula is C23H26F3NOS. The maximum atomic E-state index is 13.4. The topological polar surface area (TPSA) is 35.2 Å². The zero-order valence-electron chi connectivity index (χ0n) is 16.8. The largest absolute Gasteiger partial charge is 0.498 e. The number of alkyl halides is 3. The Morgan fingerprint density at radius 1 is 1.17 bits per heavy atom. The van der Waals surface area contributed by atoms with Crippen LogP contribution in [-0.2, 0) is 17.3 Å². The van der Waals surface area contributed by atoms with Gasteiger partial charge in [0.25, 0.3) is 0 Å². The lowest BCUT2D eigenvalue weighted by Gasteiger charge is -2.08. The highest BCUT2D eigenvalue weighted by Gasteiger charge is 2.36. The van der Waals surface area contributed by atoms with Gasteiger partial charge in [-0.3, -0.25) is 0 Å². The first-order valence-corrected chi connectivity index (χ1v) is 10.2. The Morgan fingerprint density at radius 3 is 2.48 bits per heavy atom. The standard InChI is InChI=1S/C23H26F3NOS/c1-4-8-16(2)13-19(27)14-17(3)28-12-11-20-15-21(18-9-6-5-7-10-18)22(29-20)23(24,25)26/h4-10,13-15,19H,11-12,27H2,1-3H3/b8-4-,16-13?,17-14+. The summed E-state index contributed by atoms with van der Waals surface area (Å²) in [6.45, 7) is 5.98. The monoisotopic (exact) mass is 421 g/mol. The SMILES string of the molecule is C/C=C\C(C)=CC(N)/C=C(\C)OCCc1cc(-c2ccccc2)c(C(F)(F)F)s1. The molecule has 1 unspecified atom stereocenters. The van der Waals surface area contributed by atoms with Crippen LogP contribution in [0.5, 0.6) is 0 Å². The maximum absolute atomic E-state index is 13.4. The fraction of sp³-hybridized carbons (Fsp3) is 0.304. The van der Waals surface area contributed by atoms with E-state index in [1.54, 1.807) is 49.4 Å². The molecule has 2 N–H and O–H groups in total. The number of halogens is 3. The lowest BCUT2D eigenvalue weighted by molar-refractivity contribution is -0.133. The molecule has 0 aliphatic heterocycles. The van der Waals surface area contributed by atoms with Crippen molar-refractivity contribution in [2.45, 2.75) is 39.4 Å². The van der Waals surface area contributed by atoms with Gasteiger partial charge < -0.3 is 10.5 Å². The van der Waals surface area contributed by atoms with Crippen LogP contribution in [0.25, 0.3) is 11.1 Å². The first-order chi connectivity index (χ1) is 13.7. The quantitative estimate of drug-likeness (QED) is 0.378. The van der Waals surface area contributed by atoms with Gasteiger partial charge in [-0.25, -0.2) is 0 Å². The van der Waals surface area contributed by atoms with Crippen molar-refractivity contribution in [3.8, 4) is 11.1 Å². The molecule has 6 heteroatoms. The van der Waals surface area contributed by atoms with Crippen LogP contribution >= 0.6 is 11.3 Å². The molecule has 0 saturated carbocycles. The van der Waals surface area contributed by atoms with E-state index in [0.717, 1.165) is 16.9 Å². The smallest absolute Gasteiger partial charge is 0.426 e. The molecule has 0 saturated heterocycles. The molecule has 2 rings (SSSR count). The lowest BCUT2D eigenvalue weighted by Crippen LogP contribution is -2.15. The predicted molar refractivity (Wildman–Crippen MR) is 115 cm³/mol. The van der Waals surface area contributed by atoms with Gasteiger partial charge in [0.05, 0.1) is 12.4 Å². The van der Waals surface area contributed by atoms with Crippen LogP contribution in [0, 0.1) is 0 Å². The van der Waals surface area contributed by atoms with Gasteiger partial charge in [-0.15, -0.1) is 11.3 Å². The number of hydrogen-bond donors (Lipinski definition) is 1. The highest BCUT2D eigenvalue weighted by molar-refractivity contribution is 7.12. The summed E-state index contributed by atoms with van der Waals surface area (Å²) < 4.78 is 46.0. The van der Waals surface area contributed by atoms with Crippen molar-refractivity contribution in [3.05, 3.63) is 81.8 Å². The highest BCUT2D eigenvalue weighted by Crippen LogP contribution is 2.42. The van der Waals surface area contributed by atoms with E-state index in [1.165, 1.54) is 0 Å². The second kappa shape index (κ2) is 10.5. The molecule has 0 amide bonds. The second-order valence-corrected chi connectivity index (χ2v) is 7.82. The number of thiophene rings is 1. The van der Waals surface area contributed by atoms with Gasteiger partial charge in [-0.05, 0) is 38.5 Å². The van der Waals surface area contributed by atoms with Gasteiger partial charge in [0, 0.05) is 22.9 Å². The van der Waals surface area contributed by atoms with E-state index in [0.29, 0.717) is 29.2 Å². The number of hydrogen-bond acceptors (Lipinski definition) is 3. The molecule has 1 heterocycles. The Kier molecular flexibility index (Phi) is 8.29. The van der Waals surface area contributed by atoms with Crippen molar-refractivity contribution < 1.29 is 17.9 Å². The fourth-order valence-electron chi connectivity index (χ4n) is 2.91. The average Bonchev–Trinajstić information content (AvgIpc) is 3.07. The second-order valence-electron chi connectivity index (χ2n) is 6.68. The van der Waals surface area contributed by atoms with Crippen molar-refractivity contribution in [2.75, 3.05) is 6.61 Å². The molecule has 2 aromatic rings. The number of nitrogens with two attached hydrogens (primary N) is 1. The van der Waals surface area contributed by atoms with Crippen LogP contribution in [0.15, 0.2) is 72.0 Å². The molecule has 156 valence electrons. The van der Waals surface area contributed by atoms with E-state index in [4.69, 9.17) is 10.5 Å². The normalized spacial score (nSPS) is 14.4. The lowest BCUT2D eigenvalue weighted by atomic mass is 10.1. The number of allylic oxidation sites excluding steroid dienone is 4. The summed E-state index contributed by atoms with van der Waals surface area (Å²) in [4.78, 5) is 0.0645. The summed E-state index contributed by atoms with van der Waals surface area (Å²) in [5.41, 5.74) is 7.87. The molecule has 0 fully saturated rings. The van der Waals surface area contributed by atoms with Crippen molar-refractivity contribution in [2.24, 2.45) is 5.73 Å². The van der Waals surface area contributed by atoms with Crippen molar-refractivity contribution in [1.29, 1.82) is 0 Å². The third-order valence-electron chi connectivity index (χ3n) is 4.12. The van der Waals surface area contributed by atoms with Crippen LogP contribution in [-0.4, -0.2) is 12.6 Å². The summed E-state index contributed by atoms with van der Waals surface area (Å²) in [5.74, 6) is 0.651. The van der Waals surface area contributed by atoms with Gasteiger partial charge >= 0.3 is 6.18 Å². The Hall–Kier alpha value is -2.31. The molecule has 0 aliphatic carbocycles. The summed E-state index contributed by atoms with van der Waals surface area (Å²) in [6.07, 6.45) is 3.61. The fourth-order valence-corrected chi connectivity index (χ4v) is 3.94. The van der Waals surface area contributed by atoms with Crippen LogP contribution in [0.3, 0.4) is 0 Å². The molecule has 0 aliphatic rings. The molecule has 1 aromatic carbocycles. The van der Waals surface area contributed by atoms with Crippen molar-refractivity contribution >= 4 is 11.3 Å². The molecule has 1 atom stereocenters. The van der Waals surface area contributed by atoms with Crippen LogP contribution < -0.4 is 5.73 Å². The minimum Gasteiger partial charge on any atom is -0.498 e. The molecule has 29 heavy (non-hydrogen) atoms. The first-order valence-electron chi connectivity index (χ1n) is 9.34. The number of rotatable bonds is 8. The van der Waals surface area contributed by atoms with Gasteiger partial charge in [0.1, 0.15) is 4.88 Å².